The smallest absolute Gasteiger partial charge is 0.379 e. The lowest BCUT2D eigenvalue weighted by atomic mass is 10.0. The van der Waals surface area contributed by atoms with Gasteiger partial charge in [-0.2, -0.15) is 0 Å². The van der Waals surface area contributed by atoms with Gasteiger partial charge in [-0.15, -0.1) is 0 Å². The quantitative estimate of drug-likeness (QED) is 0.0480. The summed E-state index contributed by atoms with van der Waals surface area (Å²) in [5, 5.41) is 0. The van der Waals surface area contributed by atoms with Crippen molar-refractivity contribution in [2.24, 2.45) is 0 Å². The minimum atomic E-state index is -4.18. The van der Waals surface area contributed by atoms with E-state index < -0.39 is 7.82 Å². The molecule has 0 aromatic heterocycles. The average molecular weight is 807 g/mol. The van der Waals surface area contributed by atoms with Crippen molar-refractivity contribution in [2.75, 3.05) is 52.9 Å². The number of ether oxygens (including phenoxy) is 4. The van der Waals surface area contributed by atoms with Crippen molar-refractivity contribution < 1.29 is 37.5 Å². The molecular weight excluding hydrogens is 711 g/mol. The van der Waals surface area contributed by atoms with Gasteiger partial charge in [0.2, 0.25) is 0 Å². The second kappa shape index (κ2) is 45.0. The number of phosphoric acid groups is 1. The van der Waals surface area contributed by atoms with Gasteiger partial charge in [-0.25, -0.2) is 4.57 Å². The van der Waals surface area contributed by atoms with Crippen molar-refractivity contribution in [3.63, 3.8) is 0 Å². The van der Waals surface area contributed by atoms with E-state index in [2.05, 4.69) is 13.8 Å². The van der Waals surface area contributed by atoms with Crippen molar-refractivity contribution in [3.8, 4) is 0 Å². The Hall–Kier alpha value is -0.0500. The molecule has 0 saturated heterocycles. The van der Waals surface area contributed by atoms with Crippen LogP contribution in [0.4, 0.5) is 0 Å². The molecule has 0 aliphatic heterocycles. The van der Waals surface area contributed by atoms with Crippen LogP contribution in [0.3, 0.4) is 0 Å². The predicted octanol–water partition coefficient (Wildman–Crippen LogP) is 14.5. The first-order valence-electron chi connectivity index (χ1n) is 23.9. The first-order chi connectivity index (χ1) is 26.9. The van der Waals surface area contributed by atoms with Crippen LogP contribution in [-0.4, -0.2) is 70.0 Å². The van der Waals surface area contributed by atoms with Crippen LogP contribution in [0, 0.1) is 0 Å². The summed E-state index contributed by atoms with van der Waals surface area (Å²) in [6.07, 6.45) is 42.9. The highest BCUT2D eigenvalue weighted by Crippen LogP contribution is 2.43. The van der Waals surface area contributed by atoms with Crippen molar-refractivity contribution in [1.82, 2.24) is 0 Å². The fraction of sp³-hybridized carbons (Fsp3) is 1.00. The molecule has 0 spiro atoms. The van der Waals surface area contributed by atoms with Crippen molar-refractivity contribution in [1.29, 1.82) is 0 Å². The summed E-state index contributed by atoms with van der Waals surface area (Å²) in [5.41, 5.74) is 0. The van der Waals surface area contributed by atoms with Crippen LogP contribution < -0.4 is 0 Å². The SMILES string of the molecule is CCCCCCCCCCCCCCCCCCOCCOC(C)COP(=O)(O)OCC(C)OCCOCCCCCCCCCCCCCCCCCC. The van der Waals surface area contributed by atoms with E-state index >= 15 is 0 Å². The Morgan fingerprint density at radius 3 is 0.855 bits per heavy atom. The first-order valence-corrected chi connectivity index (χ1v) is 25.4. The van der Waals surface area contributed by atoms with Gasteiger partial charge in [-0.3, -0.25) is 9.05 Å². The van der Waals surface area contributed by atoms with Crippen LogP contribution in [-0.2, 0) is 32.6 Å². The lowest BCUT2D eigenvalue weighted by molar-refractivity contribution is -0.0243. The molecule has 2 atom stereocenters. The van der Waals surface area contributed by atoms with Crippen LogP contribution in [0.1, 0.15) is 233 Å². The van der Waals surface area contributed by atoms with Gasteiger partial charge in [0, 0.05) is 13.2 Å². The normalized spacial score (nSPS) is 14.1. The molecule has 1 N–H and O–H groups in total. The van der Waals surface area contributed by atoms with E-state index in [1.54, 1.807) is 13.8 Å². The van der Waals surface area contributed by atoms with Crippen LogP contribution in [0.2, 0.25) is 0 Å². The summed E-state index contributed by atoms with van der Waals surface area (Å²) < 4.78 is 45.3. The zero-order chi connectivity index (χ0) is 40.2. The lowest BCUT2D eigenvalue weighted by Gasteiger charge is -2.18. The van der Waals surface area contributed by atoms with E-state index in [9.17, 15) is 9.46 Å². The topological polar surface area (TPSA) is 92.7 Å². The summed E-state index contributed by atoms with van der Waals surface area (Å²) in [6.45, 7) is 11.5. The van der Waals surface area contributed by atoms with Crippen LogP contribution in [0.15, 0.2) is 0 Å². The summed E-state index contributed by atoms with van der Waals surface area (Å²) in [7, 11) is -4.18. The molecule has 0 rings (SSSR count). The molecule has 8 nitrogen and oxygen atoms in total. The molecule has 0 radical (unpaired) electrons. The number of phosphoric ester groups is 1. The maximum Gasteiger partial charge on any atom is 0.472 e. The fourth-order valence-electron chi connectivity index (χ4n) is 6.86. The molecule has 2 unspecified atom stereocenters. The van der Waals surface area contributed by atoms with Crippen molar-refractivity contribution >= 4 is 7.82 Å². The molecule has 0 aromatic rings. The molecule has 0 amide bonds. The second-order valence-electron chi connectivity index (χ2n) is 16.3. The molecule has 9 heteroatoms. The highest BCUT2D eigenvalue weighted by Gasteiger charge is 2.23. The molecular formula is C46H95O8P. The van der Waals surface area contributed by atoms with Gasteiger partial charge in [-0.05, 0) is 26.7 Å². The van der Waals surface area contributed by atoms with Gasteiger partial charge in [0.05, 0.1) is 51.8 Å². The highest BCUT2D eigenvalue weighted by atomic mass is 31.2. The zero-order valence-electron chi connectivity index (χ0n) is 37.2. The highest BCUT2D eigenvalue weighted by molar-refractivity contribution is 7.47. The minimum absolute atomic E-state index is 0.0324. The van der Waals surface area contributed by atoms with Gasteiger partial charge in [-0.1, -0.05) is 206 Å². The molecule has 0 saturated carbocycles. The maximum atomic E-state index is 12.3. The van der Waals surface area contributed by atoms with Gasteiger partial charge >= 0.3 is 7.82 Å². The molecule has 0 fully saturated rings. The third kappa shape index (κ3) is 46.5. The van der Waals surface area contributed by atoms with E-state index in [-0.39, 0.29) is 25.4 Å². The largest absolute Gasteiger partial charge is 0.472 e. The number of unbranched alkanes of at least 4 members (excludes halogenated alkanes) is 30. The van der Waals surface area contributed by atoms with Crippen LogP contribution >= 0.6 is 7.82 Å². The Morgan fingerprint density at radius 1 is 0.364 bits per heavy atom. The van der Waals surface area contributed by atoms with Gasteiger partial charge < -0.3 is 23.8 Å². The predicted molar refractivity (Wildman–Crippen MR) is 233 cm³/mol. The second-order valence-corrected chi connectivity index (χ2v) is 17.7. The van der Waals surface area contributed by atoms with Gasteiger partial charge in [0.15, 0.2) is 0 Å². The number of hydrogen-bond acceptors (Lipinski definition) is 7. The third-order valence-corrected chi connectivity index (χ3v) is 11.4. The fourth-order valence-corrected chi connectivity index (χ4v) is 7.73. The molecule has 0 bridgehead atoms. The van der Waals surface area contributed by atoms with E-state index in [1.807, 2.05) is 0 Å². The Bertz CT molecular complexity index is 714. The summed E-state index contributed by atoms with van der Waals surface area (Å²) in [5.74, 6) is 0. The number of hydrogen-bond donors (Lipinski definition) is 1. The van der Waals surface area contributed by atoms with Crippen LogP contribution in [0.5, 0.6) is 0 Å². The van der Waals surface area contributed by atoms with Crippen LogP contribution in [0.25, 0.3) is 0 Å². The Labute approximate surface area is 342 Å². The molecule has 55 heavy (non-hydrogen) atoms. The van der Waals surface area contributed by atoms with Gasteiger partial charge in [0.25, 0.3) is 0 Å². The molecule has 332 valence electrons. The molecule has 0 heterocycles. The Balaban J connectivity index is 3.43. The summed E-state index contributed by atoms with van der Waals surface area (Å²) in [6, 6.07) is 0. The monoisotopic (exact) mass is 807 g/mol. The molecule has 0 aliphatic carbocycles. The van der Waals surface area contributed by atoms with E-state index in [1.165, 1.54) is 193 Å². The average Bonchev–Trinajstić information content (AvgIpc) is 3.18. The van der Waals surface area contributed by atoms with E-state index in [0.29, 0.717) is 26.4 Å². The Kier molecular flexibility index (Phi) is 45.0. The zero-order valence-corrected chi connectivity index (χ0v) is 38.1. The molecule has 0 aromatic carbocycles. The summed E-state index contributed by atoms with van der Waals surface area (Å²) >= 11 is 0. The Morgan fingerprint density at radius 2 is 0.600 bits per heavy atom. The standard InChI is InChI=1S/C46H95O8P/c1-5-7-9-11-13-15-17-19-21-23-25-27-29-31-33-35-37-49-39-41-51-45(3)43-53-55(47,48)54-44-46(4)52-42-40-50-38-36-34-32-30-28-26-24-22-20-18-16-14-12-10-8-6-2/h45-46H,5-44H2,1-4H3,(H,47,48). The lowest BCUT2D eigenvalue weighted by Crippen LogP contribution is -2.20. The number of rotatable bonds is 48. The summed E-state index contributed by atoms with van der Waals surface area (Å²) in [4.78, 5) is 10.0. The third-order valence-electron chi connectivity index (χ3n) is 10.5. The van der Waals surface area contributed by atoms with E-state index in [4.69, 9.17) is 28.0 Å². The van der Waals surface area contributed by atoms with Gasteiger partial charge in [0.1, 0.15) is 0 Å². The van der Waals surface area contributed by atoms with E-state index in [0.717, 1.165) is 26.1 Å². The first kappa shape index (κ1) is 55.0. The van der Waals surface area contributed by atoms with Crippen molar-refractivity contribution in [3.05, 3.63) is 0 Å². The minimum Gasteiger partial charge on any atom is -0.379 e. The maximum absolute atomic E-state index is 12.3. The van der Waals surface area contributed by atoms with Crippen molar-refractivity contribution in [2.45, 2.75) is 245 Å². The molecule has 0 aliphatic rings.